The molecule has 17 heteroatoms. The van der Waals surface area contributed by atoms with Crippen molar-refractivity contribution in [2.75, 3.05) is 17.2 Å². The first-order valence-corrected chi connectivity index (χ1v) is 13.1. The van der Waals surface area contributed by atoms with Gasteiger partial charge in [0.15, 0.2) is 9.47 Å². The predicted molar refractivity (Wildman–Crippen MR) is 121 cm³/mol. The molecule has 2 aromatic heterocycles. The van der Waals surface area contributed by atoms with Crippen LogP contribution in [0.25, 0.3) is 0 Å². The van der Waals surface area contributed by atoms with Gasteiger partial charge in [-0.1, -0.05) is 23.1 Å². The topological polar surface area (TPSA) is 197 Å². The van der Waals surface area contributed by atoms with Gasteiger partial charge in [0.05, 0.1) is 30.2 Å². The standard InChI is InChI=1S/C17H17N7O5S4.Na/c18-8(25)2-10-22-23-17(33-10)32-4-6-3-30-14-11(13(27)24(14)12(6)15(28)29)21-9(26)1-7-5-31-16(19)20-7;/h5,11,14H,1-4H2,(H2,18,25)(H2,19,20)(H,21,26)(H,28,29);/q;+1/p-1/t11?,14-;/m1./s1. The Kier molecular flexibility index (Phi) is 8.99. The van der Waals surface area contributed by atoms with E-state index in [0.29, 0.717) is 31.5 Å². The zero-order valence-electron chi connectivity index (χ0n) is 17.7. The Morgan fingerprint density at radius 1 is 1.29 bits per heavy atom. The Morgan fingerprint density at radius 2 is 2.06 bits per heavy atom. The van der Waals surface area contributed by atoms with Gasteiger partial charge in [0.2, 0.25) is 11.8 Å². The second-order valence-corrected chi connectivity index (χ2v) is 11.2. The summed E-state index contributed by atoms with van der Waals surface area (Å²) in [5.41, 5.74) is 11.5. The Balaban J connectivity index is 0.00000324. The van der Waals surface area contributed by atoms with Gasteiger partial charge in [-0.3, -0.25) is 19.3 Å². The molecule has 34 heavy (non-hydrogen) atoms. The van der Waals surface area contributed by atoms with Gasteiger partial charge in [-0.2, -0.15) is 0 Å². The summed E-state index contributed by atoms with van der Waals surface area (Å²) in [6.07, 6.45) is -0.0481. The number of carboxylic acids is 1. The molecule has 5 N–H and O–H groups in total. The number of hydrogen-bond donors (Lipinski definition) is 3. The number of nitrogen functional groups attached to an aromatic ring is 1. The van der Waals surface area contributed by atoms with Crippen molar-refractivity contribution in [1.82, 2.24) is 25.4 Å². The molecule has 2 aromatic rings. The molecule has 4 heterocycles. The molecular formula is C17H16N7NaO5S4. The van der Waals surface area contributed by atoms with Crippen molar-refractivity contribution >= 4 is 75.0 Å². The molecule has 1 fully saturated rings. The van der Waals surface area contributed by atoms with E-state index < -0.39 is 35.1 Å². The number of primary amides is 1. The zero-order valence-corrected chi connectivity index (χ0v) is 22.9. The molecule has 0 radical (unpaired) electrons. The number of carboxylic acid groups (broad SMARTS) is 1. The number of carbonyl (C=O) groups excluding carboxylic acids is 4. The fraction of sp³-hybridized carbons (Fsp3) is 0.353. The van der Waals surface area contributed by atoms with Gasteiger partial charge < -0.3 is 26.7 Å². The number of aliphatic carboxylic acids is 1. The normalized spacial score (nSPS) is 19.2. The van der Waals surface area contributed by atoms with E-state index in [1.54, 1.807) is 5.38 Å². The first-order chi connectivity index (χ1) is 15.7. The number of thiazole rings is 1. The van der Waals surface area contributed by atoms with E-state index in [9.17, 15) is 24.3 Å². The number of thioether (sulfide) groups is 2. The van der Waals surface area contributed by atoms with E-state index in [4.69, 9.17) is 11.5 Å². The van der Waals surface area contributed by atoms with E-state index in [-0.39, 0.29) is 53.8 Å². The zero-order chi connectivity index (χ0) is 23.7. The van der Waals surface area contributed by atoms with Gasteiger partial charge in [0.1, 0.15) is 16.4 Å². The minimum atomic E-state index is -1.46. The maximum atomic E-state index is 12.7. The fourth-order valence-electron chi connectivity index (χ4n) is 3.24. The van der Waals surface area contributed by atoms with Crippen LogP contribution in [0.2, 0.25) is 0 Å². The van der Waals surface area contributed by atoms with Crippen LogP contribution in [0.5, 0.6) is 0 Å². The number of carbonyl (C=O) groups is 4. The number of anilines is 1. The number of rotatable bonds is 9. The van der Waals surface area contributed by atoms with Crippen molar-refractivity contribution in [2.45, 2.75) is 28.6 Å². The molecule has 2 aliphatic rings. The fourth-order valence-corrected chi connectivity index (χ4v) is 7.19. The van der Waals surface area contributed by atoms with Crippen LogP contribution in [0.3, 0.4) is 0 Å². The van der Waals surface area contributed by atoms with Gasteiger partial charge in [0.25, 0.3) is 5.91 Å². The van der Waals surface area contributed by atoms with Crippen LogP contribution in [-0.2, 0) is 32.0 Å². The second-order valence-electron chi connectivity index (χ2n) is 6.94. The Labute approximate surface area is 231 Å². The largest absolute Gasteiger partial charge is 1.00 e. The van der Waals surface area contributed by atoms with Crippen LogP contribution in [0.4, 0.5) is 5.13 Å². The number of fused-ring (bicyclic) bond motifs is 1. The SMILES string of the molecule is NC(=O)Cc1nnc(SCC2=C(C(=O)[O-])N3C(=O)C(NC(=O)Cc4csc(N)n4)[C@H]3SC2)s1.[Na+]. The number of β-lactam (4-membered cyclic amide) rings is 1. The number of aromatic nitrogens is 3. The molecule has 3 amide bonds. The summed E-state index contributed by atoms with van der Waals surface area (Å²) in [5, 5.41) is 24.3. The summed E-state index contributed by atoms with van der Waals surface area (Å²) < 4.78 is 0.548. The van der Waals surface area contributed by atoms with E-state index in [1.807, 2.05) is 0 Å². The number of nitrogens with one attached hydrogen (secondary N) is 1. The van der Waals surface area contributed by atoms with Crippen LogP contribution in [0, 0.1) is 0 Å². The van der Waals surface area contributed by atoms with Crippen molar-refractivity contribution in [3.05, 3.63) is 27.4 Å². The maximum Gasteiger partial charge on any atom is 1.00 e. The molecule has 174 valence electrons. The molecule has 12 nitrogen and oxygen atoms in total. The summed E-state index contributed by atoms with van der Waals surface area (Å²) >= 11 is 5.01. The smallest absolute Gasteiger partial charge is 0.543 e. The van der Waals surface area contributed by atoms with Crippen molar-refractivity contribution in [3.63, 3.8) is 0 Å². The van der Waals surface area contributed by atoms with Crippen LogP contribution in [0.1, 0.15) is 10.7 Å². The molecule has 0 saturated carbocycles. The maximum absolute atomic E-state index is 12.7. The predicted octanol–water partition coefficient (Wildman–Crippen LogP) is -4.65. The molecule has 0 bridgehead atoms. The van der Waals surface area contributed by atoms with Crippen molar-refractivity contribution in [1.29, 1.82) is 0 Å². The number of hydrogen-bond acceptors (Lipinski definition) is 13. The average Bonchev–Trinajstić information content (AvgIpc) is 3.37. The quantitative estimate of drug-likeness (QED) is 0.154. The van der Waals surface area contributed by atoms with Crippen LogP contribution >= 0.6 is 46.2 Å². The monoisotopic (exact) mass is 549 g/mol. The van der Waals surface area contributed by atoms with Crippen molar-refractivity contribution in [2.24, 2.45) is 5.73 Å². The van der Waals surface area contributed by atoms with Gasteiger partial charge >= 0.3 is 29.6 Å². The molecule has 2 aliphatic heterocycles. The van der Waals surface area contributed by atoms with Crippen LogP contribution < -0.4 is 51.4 Å². The number of amides is 3. The van der Waals surface area contributed by atoms with E-state index in [1.165, 1.54) is 46.2 Å². The van der Waals surface area contributed by atoms with Gasteiger partial charge in [-0.05, 0) is 5.57 Å². The minimum absolute atomic E-state index is 0. The molecule has 1 unspecified atom stereocenters. The first-order valence-electron chi connectivity index (χ1n) is 9.33. The van der Waals surface area contributed by atoms with E-state index >= 15 is 0 Å². The summed E-state index contributed by atoms with van der Waals surface area (Å²) in [6, 6.07) is -0.832. The first kappa shape index (κ1) is 26.9. The summed E-state index contributed by atoms with van der Waals surface area (Å²) in [4.78, 5) is 53.0. The van der Waals surface area contributed by atoms with Gasteiger partial charge in [0, 0.05) is 16.9 Å². The molecule has 0 aromatic carbocycles. The molecular weight excluding hydrogens is 533 g/mol. The third-order valence-electron chi connectivity index (χ3n) is 4.61. The van der Waals surface area contributed by atoms with E-state index in [0.717, 1.165) is 4.90 Å². The summed E-state index contributed by atoms with van der Waals surface area (Å²) in [6.45, 7) is 0. The molecule has 0 aliphatic carbocycles. The minimum Gasteiger partial charge on any atom is -0.543 e. The third-order valence-corrected chi connectivity index (χ3v) is 8.82. The van der Waals surface area contributed by atoms with Crippen LogP contribution in [0.15, 0.2) is 21.0 Å². The molecule has 4 rings (SSSR count). The van der Waals surface area contributed by atoms with Crippen molar-refractivity contribution in [3.8, 4) is 0 Å². The molecule has 2 atom stereocenters. The second kappa shape index (κ2) is 11.4. The van der Waals surface area contributed by atoms with E-state index in [2.05, 4.69) is 20.5 Å². The number of nitrogens with two attached hydrogens (primary N) is 2. The third kappa shape index (κ3) is 5.92. The molecule has 0 spiro atoms. The Bertz CT molecular complexity index is 1170. The molecule has 1 saturated heterocycles. The average molecular weight is 550 g/mol. The Morgan fingerprint density at radius 3 is 2.71 bits per heavy atom. The van der Waals surface area contributed by atoms with Crippen LogP contribution in [-0.4, -0.2) is 66.7 Å². The Hall–Kier alpha value is -1.69. The van der Waals surface area contributed by atoms with Gasteiger partial charge in [-0.15, -0.1) is 33.3 Å². The van der Waals surface area contributed by atoms with Gasteiger partial charge in [-0.25, -0.2) is 4.98 Å². The summed E-state index contributed by atoms with van der Waals surface area (Å²) in [5.74, 6) is -2.30. The van der Waals surface area contributed by atoms with Crippen molar-refractivity contribution < 1.29 is 53.8 Å². The number of nitrogens with zero attached hydrogens (tertiary/aromatic N) is 4. The summed E-state index contributed by atoms with van der Waals surface area (Å²) in [7, 11) is 0.